The molecule has 0 saturated heterocycles. The van der Waals surface area contributed by atoms with Crippen LogP contribution in [-0.2, 0) is 17.6 Å². The van der Waals surface area contributed by atoms with Crippen LogP contribution in [0.2, 0.25) is 0 Å². The molecule has 1 aliphatic rings. The molecule has 1 aliphatic heterocycles. The van der Waals surface area contributed by atoms with Crippen molar-refractivity contribution >= 4 is 22.6 Å². The number of hydrogen-bond acceptors (Lipinski definition) is 4. The number of aromatic nitrogens is 2. The molecule has 6 heteroatoms. The minimum Gasteiger partial charge on any atom is -0.493 e. The van der Waals surface area contributed by atoms with Gasteiger partial charge in [-0.15, -0.1) is 0 Å². The van der Waals surface area contributed by atoms with Gasteiger partial charge < -0.3 is 20.1 Å². The van der Waals surface area contributed by atoms with Crippen molar-refractivity contribution in [3.05, 3.63) is 114 Å². The number of fused-ring (bicyclic) bond motifs is 2. The lowest BCUT2D eigenvalue weighted by atomic mass is 9.87. The van der Waals surface area contributed by atoms with E-state index < -0.39 is 5.97 Å². The minimum absolute atomic E-state index is 0.00156. The van der Waals surface area contributed by atoms with E-state index in [4.69, 9.17) is 9.72 Å². The Kier molecular flexibility index (Phi) is 7.00. The topological polar surface area (TPSA) is 87.2 Å². The smallest absolute Gasteiger partial charge is 0.304 e. The van der Waals surface area contributed by atoms with Gasteiger partial charge in [0.05, 0.1) is 24.4 Å². The van der Waals surface area contributed by atoms with Gasteiger partial charge in [0.2, 0.25) is 0 Å². The number of aliphatic carboxylic acids is 1. The van der Waals surface area contributed by atoms with Crippen molar-refractivity contribution in [2.75, 3.05) is 18.5 Å². The Morgan fingerprint density at radius 1 is 0.974 bits per heavy atom. The third-order valence-electron chi connectivity index (χ3n) is 7.42. The average Bonchev–Trinajstić information content (AvgIpc) is 3.39. The monoisotopic (exact) mass is 517 g/mol. The number of carboxylic acid groups (broad SMARTS) is 1. The highest BCUT2D eigenvalue weighted by molar-refractivity contribution is 5.86. The number of pyridine rings is 1. The second-order valence-electron chi connectivity index (χ2n) is 10.0. The zero-order chi connectivity index (χ0) is 26.6. The molecule has 3 aromatic carbocycles. The first-order valence-electron chi connectivity index (χ1n) is 13.5. The zero-order valence-electron chi connectivity index (χ0n) is 21.7. The highest BCUT2D eigenvalue weighted by Crippen LogP contribution is 2.36. The molecule has 1 atom stereocenters. The van der Waals surface area contributed by atoms with E-state index in [2.05, 4.69) is 46.7 Å². The molecule has 0 radical (unpaired) electrons. The average molecular weight is 518 g/mol. The second-order valence-corrected chi connectivity index (χ2v) is 10.0. The Labute approximate surface area is 227 Å². The van der Waals surface area contributed by atoms with E-state index in [0.717, 1.165) is 81.8 Å². The summed E-state index contributed by atoms with van der Waals surface area (Å²) in [6.45, 7) is 1.52. The molecule has 5 aromatic rings. The van der Waals surface area contributed by atoms with Crippen LogP contribution in [-0.4, -0.2) is 34.2 Å². The van der Waals surface area contributed by atoms with E-state index in [1.54, 1.807) is 0 Å². The summed E-state index contributed by atoms with van der Waals surface area (Å²) >= 11 is 0. The summed E-state index contributed by atoms with van der Waals surface area (Å²) in [5, 5.41) is 14.1. The molecule has 0 bridgehead atoms. The first kappa shape index (κ1) is 24.7. The minimum atomic E-state index is -0.832. The summed E-state index contributed by atoms with van der Waals surface area (Å²) in [5.41, 5.74) is 8.42. The van der Waals surface area contributed by atoms with Gasteiger partial charge in [0.15, 0.2) is 0 Å². The highest BCUT2D eigenvalue weighted by atomic mass is 16.5. The van der Waals surface area contributed by atoms with Gasteiger partial charge in [-0.3, -0.25) is 9.78 Å². The molecule has 1 unspecified atom stereocenters. The fraction of sp³-hybridized carbons (Fsp3) is 0.212. The summed E-state index contributed by atoms with van der Waals surface area (Å²) in [6.07, 6.45) is 4.77. The SMILES string of the molecule is O=C(O)CC(c1ccc(-c2ccccc2)cc1)c1c[nH]c2ccc(OCCc3ccc4c(n3)CCCN4)cc12. The van der Waals surface area contributed by atoms with Crippen molar-refractivity contribution in [1.82, 2.24) is 9.97 Å². The molecule has 39 heavy (non-hydrogen) atoms. The molecule has 6 rings (SSSR count). The number of hydrogen-bond donors (Lipinski definition) is 3. The van der Waals surface area contributed by atoms with Gasteiger partial charge in [0.25, 0.3) is 0 Å². The Balaban J connectivity index is 1.22. The van der Waals surface area contributed by atoms with Crippen molar-refractivity contribution in [3.63, 3.8) is 0 Å². The summed E-state index contributed by atoms with van der Waals surface area (Å²) in [5.74, 6) is -0.359. The Morgan fingerprint density at radius 2 is 1.79 bits per heavy atom. The molecule has 0 amide bonds. The van der Waals surface area contributed by atoms with Gasteiger partial charge >= 0.3 is 5.97 Å². The number of nitrogens with one attached hydrogen (secondary N) is 2. The van der Waals surface area contributed by atoms with Crippen LogP contribution < -0.4 is 10.1 Å². The molecule has 0 spiro atoms. The molecular formula is C33H31N3O3. The fourth-order valence-corrected chi connectivity index (χ4v) is 5.41. The molecule has 2 aromatic heterocycles. The van der Waals surface area contributed by atoms with Crippen molar-refractivity contribution in [2.45, 2.75) is 31.6 Å². The van der Waals surface area contributed by atoms with Crippen molar-refractivity contribution in [1.29, 1.82) is 0 Å². The predicted octanol–water partition coefficient (Wildman–Crippen LogP) is 6.82. The van der Waals surface area contributed by atoms with E-state index in [1.807, 2.05) is 54.7 Å². The van der Waals surface area contributed by atoms with Crippen LogP contribution in [0.5, 0.6) is 5.75 Å². The fourth-order valence-electron chi connectivity index (χ4n) is 5.41. The van der Waals surface area contributed by atoms with E-state index >= 15 is 0 Å². The third kappa shape index (κ3) is 5.50. The lowest BCUT2D eigenvalue weighted by Gasteiger charge is -2.17. The van der Waals surface area contributed by atoms with Crippen LogP contribution >= 0.6 is 0 Å². The number of nitrogens with zero attached hydrogens (tertiary/aromatic N) is 1. The van der Waals surface area contributed by atoms with Gasteiger partial charge in [-0.25, -0.2) is 0 Å². The Hall–Kier alpha value is -4.58. The van der Waals surface area contributed by atoms with Crippen LogP contribution in [0.1, 0.15) is 41.3 Å². The van der Waals surface area contributed by atoms with Gasteiger partial charge in [0.1, 0.15) is 5.75 Å². The lowest BCUT2D eigenvalue weighted by molar-refractivity contribution is -0.137. The number of ether oxygens (including phenoxy) is 1. The molecule has 0 fully saturated rings. The largest absolute Gasteiger partial charge is 0.493 e. The number of anilines is 1. The van der Waals surface area contributed by atoms with Crippen molar-refractivity contribution in [2.24, 2.45) is 0 Å². The summed E-state index contributed by atoms with van der Waals surface area (Å²) in [7, 11) is 0. The van der Waals surface area contributed by atoms with Crippen LogP contribution in [0.3, 0.4) is 0 Å². The van der Waals surface area contributed by atoms with E-state index in [0.29, 0.717) is 6.61 Å². The second kappa shape index (κ2) is 11.0. The Bertz CT molecular complexity index is 1590. The quantitative estimate of drug-likeness (QED) is 0.200. The maximum atomic E-state index is 11.9. The predicted molar refractivity (Wildman–Crippen MR) is 155 cm³/mol. The van der Waals surface area contributed by atoms with E-state index in [9.17, 15) is 9.90 Å². The van der Waals surface area contributed by atoms with Gasteiger partial charge in [-0.1, -0.05) is 54.6 Å². The number of carbonyl (C=O) groups is 1. The van der Waals surface area contributed by atoms with E-state index in [-0.39, 0.29) is 12.3 Å². The van der Waals surface area contributed by atoms with Crippen molar-refractivity contribution < 1.29 is 14.6 Å². The number of aryl methyl sites for hydroxylation is 1. The lowest BCUT2D eigenvalue weighted by Crippen LogP contribution is -2.14. The van der Waals surface area contributed by atoms with E-state index in [1.165, 1.54) is 0 Å². The normalized spacial score (nSPS) is 13.4. The third-order valence-corrected chi connectivity index (χ3v) is 7.42. The van der Waals surface area contributed by atoms with Crippen LogP contribution in [0.15, 0.2) is 91.1 Å². The Morgan fingerprint density at radius 3 is 2.62 bits per heavy atom. The van der Waals surface area contributed by atoms with Crippen LogP contribution in [0, 0.1) is 0 Å². The van der Waals surface area contributed by atoms with Crippen LogP contribution in [0.25, 0.3) is 22.0 Å². The number of rotatable bonds is 9. The highest BCUT2D eigenvalue weighted by Gasteiger charge is 2.22. The number of aromatic amines is 1. The first-order valence-corrected chi connectivity index (χ1v) is 13.5. The summed E-state index contributed by atoms with van der Waals surface area (Å²) < 4.78 is 6.13. The van der Waals surface area contributed by atoms with Gasteiger partial charge in [0, 0.05) is 41.7 Å². The number of benzene rings is 3. The van der Waals surface area contributed by atoms with Gasteiger partial charge in [-0.05, 0) is 65.4 Å². The zero-order valence-corrected chi connectivity index (χ0v) is 21.7. The summed E-state index contributed by atoms with van der Waals surface area (Å²) in [6, 6.07) is 28.5. The molecule has 0 aliphatic carbocycles. The van der Waals surface area contributed by atoms with Crippen molar-refractivity contribution in [3.8, 4) is 16.9 Å². The number of carboxylic acids is 1. The maximum Gasteiger partial charge on any atom is 0.304 e. The van der Waals surface area contributed by atoms with Crippen LogP contribution in [0.4, 0.5) is 5.69 Å². The number of H-pyrrole nitrogens is 1. The molecule has 6 nitrogen and oxygen atoms in total. The molecule has 0 saturated carbocycles. The molecular weight excluding hydrogens is 486 g/mol. The molecule has 3 heterocycles. The maximum absolute atomic E-state index is 11.9. The van der Waals surface area contributed by atoms with Gasteiger partial charge in [-0.2, -0.15) is 0 Å². The standard InChI is InChI=1S/C33H31N3O3/c37-33(38)20-27(24-10-8-23(9-11-24)22-5-2-1-3-6-22)29-21-35-30-15-13-26(19-28(29)30)39-18-16-25-12-14-31-32(36-25)7-4-17-34-31/h1-3,5-6,8-15,19,21,27,34-35H,4,7,16-18,20H2,(H,37,38). The summed E-state index contributed by atoms with van der Waals surface area (Å²) in [4.78, 5) is 20.0. The first-order chi connectivity index (χ1) is 19.1. The molecule has 196 valence electrons. The molecule has 3 N–H and O–H groups in total.